The molecule has 3 aromatic rings. The van der Waals surface area contributed by atoms with E-state index in [-0.39, 0.29) is 0 Å². The Morgan fingerprint density at radius 3 is 2.94 bits per heavy atom. The molecule has 0 bridgehead atoms. The summed E-state index contributed by atoms with van der Waals surface area (Å²) in [5, 5.41) is 5.64. The van der Waals surface area contributed by atoms with Crippen molar-refractivity contribution in [2.75, 3.05) is 0 Å². The lowest BCUT2D eigenvalue weighted by Crippen LogP contribution is -2.05. The molecule has 3 rings (SSSR count). The summed E-state index contributed by atoms with van der Waals surface area (Å²) in [6.45, 7) is 2.55. The minimum absolute atomic E-state index is 0.586. The molecule has 0 unspecified atom stereocenters. The van der Waals surface area contributed by atoms with E-state index < -0.39 is 0 Å². The predicted octanol–water partition coefficient (Wildman–Crippen LogP) is 2.95. The van der Waals surface area contributed by atoms with Crippen LogP contribution in [0.2, 0.25) is 0 Å². The third kappa shape index (κ3) is 2.13. The first-order valence-electron chi connectivity index (χ1n) is 5.62. The zero-order valence-corrected chi connectivity index (χ0v) is 11.4. The van der Waals surface area contributed by atoms with Gasteiger partial charge in [-0.1, -0.05) is 12.1 Å². The van der Waals surface area contributed by atoms with Crippen LogP contribution in [0.5, 0.6) is 0 Å². The number of nitrogens with zero attached hydrogens (tertiary/aromatic N) is 4. The Labute approximate surface area is 113 Å². The number of hydrogen-bond acceptors (Lipinski definition) is 3. The molecule has 18 heavy (non-hydrogen) atoms. The molecular formula is C13H11BrN4. The fourth-order valence-corrected chi connectivity index (χ4v) is 2.32. The van der Waals surface area contributed by atoms with E-state index in [1.807, 2.05) is 42.1 Å². The zero-order valence-electron chi connectivity index (χ0n) is 9.84. The maximum atomic E-state index is 4.53. The Morgan fingerprint density at radius 1 is 1.28 bits per heavy atom. The average molecular weight is 303 g/mol. The standard InChI is InChI=1S/C13H11BrN4/c1-9-5-6-15-12(16-9)8-18-7-10-3-2-4-11(14)13(10)17-18/h2-7H,8H2,1H3. The van der Waals surface area contributed by atoms with Crippen molar-refractivity contribution >= 4 is 26.8 Å². The Kier molecular flexibility index (Phi) is 2.83. The molecule has 0 radical (unpaired) electrons. The van der Waals surface area contributed by atoms with E-state index in [1.54, 1.807) is 6.20 Å². The van der Waals surface area contributed by atoms with E-state index in [1.165, 1.54) is 0 Å². The molecule has 0 saturated heterocycles. The van der Waals surface area contributed by atoms with Crippen molar-refractivity contribution in [1.29, 1.82) is 0 Å². The number of benzene rings is 1. The third-order valence-electron chi connectivity index (χ3n) is 2.68. The first-order chi connectivity index (χ1) is 8.72. The number of fused-ring (bicyclic) bond motifs is 1. The molecule has 1 aromatic carbocycles. The first-order valence-corrected chi connectivity index (χ1v) is 6.42. The highest BCUT2D eigenvalue weighted by atomic mass is 79.9. The molecule has 0 amide bonds. The van der Waals surface area contributed by atoms with E-state index in [0.717, 1.165) is 26.9 Å². The van der Waals surface area contributed by atoms with Crippen molar-refractivity contribution in [2.45, 2.75) is 13.5 Å². The molecule has 2 heterocycles. The van der Waals surface area contributed by atoms with E-state index in [9.17, 15) is 0 Å². The largest absolute Gasteiger partial charge is 0.264 e. The summed E-state index contributed by atoms with van der Waals surface area (Å²) in [6.07, 6.45) is 3.78. The monoisotopic (exact) mass is 302 g/mol. The van der Waals surface area contributed by atoms with Crippen LogP contribution in [-0.2, 0) is 6.54 Å². The molecule has 0 aliphatic rings. The Morgan fingerprint density at radius 2 is 2.17 bits per heavy atom. The molecule has 0 N–H and O–H groups in total. The Hall–Kier alpha value is -1.75. The van der Waals surface area contributed by atoms with Gasteiger partial charge in [0.05, 0.1) is 0 Å². The van der Waals surface area contributed by atoms with Crippen molar-refractivity contribution in [3.8, 4) is 0 Å². The van der Waals surface area contributed by atoms with Gasteiger partial charge in [0, 0.05) is 27.9 Å². The highest BCUT2D eigenvalue weighted by Gasteiger charge is 2.05. The highest BCUT2D eigenvalue weighted by molar-refractivity contribution is 9.10. The van der Waals surface area contributed by atoms with Gasteiger partial charge in [0.1, 0.15) is 17.9 Å². The molecule has 0 fully saturated rings. The van der Waals surface area contributed by atoms with Crippen LogP contribution in [-0.4, -0.2) is 19.7 Å². The molecule has 90 valence electrons. The van der Waals surface area contributed by atoms with Gasteiger partial charge in [0.25, 0.3) is 0 Å². The van der Waals surface area contributed by atoms with Gasteiger partial charge in [0.15, 0.2) is 0 Å². The SMILES string of the molecule is Cc1ccnc(Cn2cc3cccc(Br)c3n2)n1. The number of hydrogen-bond donors (Lipinski definition) is 0. The molecule has 5 heteroatoms. The topological polar surface area (TPSA) is 43.6 Å². The maximum Gasteiger partial charge on any atom is 0.149 e. The minimum atomic E-state index is 0.586. The smallest absolute Gasteiger partial charge is 0.149 e. The van der Waals surface area contributed by atoms with Crippen LogP contribution >= 0.6 is 15.9 Å². The number of aromatic nitrogens is 4. The highest BCUT2D eigenvalue weighted by Crippen LogP contribution is 2.21. The summed E-state index contributed by atoms with van der Waals surface area (Å²) >= 11 is 3.50. The van der Waals surface area contributed by atoms with Crippen LogP contribution in [0.25, 0.3) is 10.9 Å². The number of aryl methyl sites for hydroxylation is 1. The summed E-state index contributed by atoms with van der Waals surface area (Å²) in [7, 11) is 0. The van der Waals surface area contributed by atoms with Gasteiger partial charge in [-0.25, -0.2) is 9.97 Å². The maximum absolute atomic E-state index is 4.53. The van der Waals surface area contributed by atoms with Crippen molar-refractivity contribution in [1.82, 2.24) is 19.7 Å². The summed E-state index contributed by atoms with van der Waals surface area (Å²) in [6, 6.07) is 7.92. The normalized spacial score (nSPS) is 11.0. The molecule has 0 aliphatic heterocycles. The number of halogens is 1. The zero-order chi connectivity index (χ0) is 12.5. The van der Waals surface area contributed by atoms with Gasteiger partial charge in [-0.05, 0) is 35.0 Å². The van der Waals surface area contributed by atoms with Gasteiger partial charge in [-0.2, -0.15) is 5.10 Å². The van der Waals surface area contributed by atoms with E-state index >= 15 is 0 Å². The average Bonchev–Trinajstić information content (AvgIpc) is 2.73. The molecule has 0 aliphatic carbocycles. The number of rotatable bonds is 2. The van der Waals surface area contributed by atoms with E-state index in [2.05, 4.69) is 31.0 Å². The first kappa shape index (κ1) is 11.3. The predicted molar refractivity (Wildman–Crippen MR) is 73.3 cm³/mol. The van der Waals surface area contributed by atoms with Gasteiger partial charge < -0.3 is 0 Å². The van der Waals surface area contributed by atoms with Gasteiger partial charge >= 0.3 is 0 Å². The van der Waals surface area contributed by atoms with Crippen LogP contribution in [0, 0.1) is 6.92 Å². The van der Waals surface area contributed by atoms with Crippen molar-refractivity contribution < 1.29 is 0 Å². The lowest BCUT2D eigenvalue weighted by atomic mass is 10.3. The Bertz CT molecular complexity index is 705. The van der Waals surface area contributed by atoms with Gasteiger partial charge in [-0.15, -0.1) is 0 Å². The summed E-state index contributed by atoms with van der Waals surface area (Å²) in [5.41, 5.74) is 1.93. The van der Waals surface area contributed by atoms with Crippen molar-refractivity contribution in [3.05, 3.63) is 52.7 Å². The van der Waals surface area contributed by atoms with Crippen LogP contribution in [0.3, 0.4) is 0 Å². The fraction of sp³-hybridized carbons (Fsp3) is 0.154. The second kappa shape index (κ2) is 4.49. The summed E-state index contributed by atoms with van der Waals surface area (Å²) < 4.78 is 2.87. The van der Waals surface area contributed by atoms with Crippen LogP contribution in [0.15, 0.2) is 41.1 Å². The fourth-order valence-electron chi connectivity index (χ4n) is 1.86. The third-order valence-corrected chi connectivity index (χ3v) is 3.32. The van der Waals surface area contributed by atoms with Gasteiger partial charge in [-0.3, -0.25) is 4.68 Å². The summed E-state index contributed by atoms with van der Waals surface area (Å²) in [4.78, 5) is 8.62. The minimum Gasteiger partial charge on any atom is -0.264 e. The van der Waals surface area contributed by atoms with Gasteiger partial charge in [0.2, 0.25) is 0 Å². The van der Waals surface area contributed by atoms with E-state index in [0.29, 0.717) is 6.54 Å². The summed E-state index contributed by atoms with van der Waals surface area (Å²) in [5.74, 6) is 0.777. The lowest BCUT2D eigenvalue weighted by molar-refractivity contribution is 0.659. The second-order valence-electron chi connectivity index (χ2n) is 4.12. The molecule has 0 spiro atoms. The second-order valence-corrected chi connectivity index (χ2v) is 4.97. The molecule has 4 nitrogen and oxygen atoms in total. The lowest BCUT2D eigenvalue weighted by Gasteiger charge is -2.00. The molecule has 2 aromatic heterocycles. The molecule has 0 saturated carbocycles. The molecular weight excluding hydrogens is 292 g/mol. The van der Waals surface area contributed by atoms with Crippen molar-refractivity contribution in [2.24, 2.45) is 0 Å². The quantitative estimate of drug-likeness (QED) is 0.731. The van der Waals surface area contributed by atoms with Crippen molar-refractivity contribution in [3.63, 3.8) is 0 Å². The van der Waals surface area contributed by atoms with Crippen LogP contribution in [0.1, 0.15) is 11.5 Å². The van der Waals surface area contributed by atoms with Crippen LogP contribution < -0.4 is 0 Å². The Balaban J connectivity index is 1.98. The molecule has 0 atom stereocenters. The van der Waals surface area contributed by atoms with E-state index in [4.69, 9.17) is 0 Å². The van der Waals surface area contributed by atoms with Crippen LogP contribution in [0.4, 0.5) is 0 Å².